The number of hydrogen-bond donors (Lipinski definition) is 0. The molecule has 0 saturated heterocycles. The first-order valence-electron chi connectivity index (χ1n) is 4.96. The molecular formula is C12H14NO3. The number of amides is 1. The molecule has 0 aliphatic heterocycles. The van der Waals surface area contributed by atoms with Crippen LogP contribution in [0.15, 0.2) is 30.3 Å². The van der Waals surface area contributed by atoms with Crippen molar-refractivity contribution in [1.29, 1.82) is 0 Å². The average molecular weight is 220 g/mol. The topological polar surface area (TPSA) is 46.6 Å². The number of benzene rings is 1. The quantitative estimate of drug-likeness (QED) is 0.776. The summed E-state index contributed by atoms with van der Waals surface area (Å²) in [4.78, 5) is 23.0. The van der Waals surface area contributed by atoms with E-state index >= 15 is 0 Å². The van der Waals surface area contributed by atoms with Crippen molar-refractivity contribution in [2.75, 3.05) is 7.05 Å². The molecule has 1 atom stereocenters. The Kier molecular flexibility index (Phi) is 4.51. The lowest BCUT2D eigenvalue weighted by Crippen LogP contribution is -2.36. The highest BCUT2D eigenvalue weighted by Gasteiger charge is 2.16. The number of ether oxygens (including phenoxy) is 1. The summed E-state index contributed by atoms with van der Waals surface area (Å²) in [7, 11) is 1.50. The van der Waals surface area contributed by atoms with Crippen molar-refractivity contribution < 1.29 is 14.3 Å². The summed E-state index contributed by atoms with van der Waals surface area (Å²) in [6.45, 7) is 1.78. The standard InChI is InChI=1S/C12H14NO3/c1-10(8-14)13(2)12(15)16-9-11-6-4-3-5-7-11/h3-7,10H,9H2,1-2H3/t10-/m0/s1. The minimum absolute atomic E-state index is 0.204. The van der Waals surface area contributed by atoms with Crippen LogP contribution in [0.4, 0.5) is 4.79 Å². The van der Waals surface area contributed by atoms with E-state index in [0.29, 0.717) is 0 Å². The fraction of sp³-hybridized carbons (Fsp3) is 0.333. The van der Waals surface area contributed by atoms with Gasteiger partial charge in [-0.25, -0.2) is 4.79 Å². The molecule has 0 unspecified atom stereocenters. The van der Waals surface area contributed by atoms with Gasteiger partial charge in [0.05, 0.1) is 6.04 Å². The zero-order valence-electron chi connectivity index (χ0n) is 9.34. The van der Waals surface area contributed by atoms with E-state index < -0.39 is 12.1 Å². The Morgan fingerprint density at radius 1 is 1.44 bits per heavy atom. The maximum Gasteiger partial charge on any atom is 0.410 e. The van der Waals surface area contributed by atoms with Crippen LogP contribution in [-0.2, 0) is 16.1 Å². The van der Waals surface area contributed by atoms with Crippen molar-refractivity contribution in [3.8, 4) is 0 Å². The van der Waals surface area contributed by atoms with Crippen molar-refractivity contribution in [2.45, 2.75) is 19.6 Å². The molecule has 0 aliphatic rings. The minimum Gasteiger partial charge on any atom is -0.445 e. The fourth-order valence-corrected chi connectivity index (χ4v) is 1.06. The number of nitrogens with zero attached hydrogens (tertiary/aromatic N) is 1. The van der Waals surface area contributed by atoms with Crippen molar-refractivity contribution in [3.63, 3.8) is 0 Å². The van der Waals surface area contributed by atoms with E-state index in [2.05, 4.69) is 0 Å². The molecule has 0 N–H and O–H groups in total. The summed E-state index contributed by atoms with van der Waals surface area (Å²) < 4.78 is 5.02. The van der Waals surface area contributed by atoms with E-state index in [9.17, 15) is 9.59 Å². The fourth-order valence-electron chi connectivity index (χ4n) is 1.06. The Morgan fingerprint density at radius 3 is 2.62 bits per heavy atom. The maximum absolute atomic E-state index is 11.4. The molecule has 4 heteroatoms. The summed E-state index contributed by atoms with van der Waals surface area (Å²) >= 11 is 0. The molecule has 1 amide bonds. The highest BCUT2D eigenvalue weighted by atomic mass is 16.6. The molecule has 0 saturated carbocycles. The van der Waals surface area contributed by atoms with Crippen LogP contribution in [0.1, 0.15) is 12.5 Å². The van der Waals surface area contributed by atoms with E-state index in [4.69, 9.17) is 4.74 Å². The van der Waals surface area contributed by atoms with Crippen LogP contribution in [0.25, 0.3) is 0 Å². The summed E-state index contributed by atoms with van der Waals surface area (Å²) in [5.41, 5.74) is 0.909. The first kappa shape index (κ1) is 12.2. The third-order valence-corrected chi connectivity index (χ3v) is 2.24. The second-order valence-electron chi connectivity index (χ2n) is 3.44. The third kappa shape index (κ3) is 3.38. The summed E-state index contributed by atoms with van der Waals surface area (Å²) in [6, 6.07) is 8.76. The molecule has 0 heterocycles. The Morgan fingerprint density at radius 2 is 2.06 bits per heavy atom. The van der Waals surface area contributed by atoms with Crippen molar-refractivity contribution >= 4 is 12.4 Å². The van der Waals surface area contributed by atoms with E-state index in [1.165, 1.54) is 11.9 Å². The molecule has 0 aromatic heterocycles. The first-order valence-corrected chi connectivity index (χ1v) is 4.96. The van der Waals surface area contributed by atoms with Gasteiger partial charge >= 0.3 is 6.09 Å². The van der Waals surface area contributed by atoms with Crippen molar-refractivity contribution in [1.82, 2.24) is 4.90 Å². The van der Waals surface area contributed by atoms with Gasteiger partial charge in [0.25, 0.3) is 0 Å². The number of rotatable bonds is 4. The van der Waals surface area contributed by atoms with Gasteiger partial charge in [-0.1, -0.05) is 30.3 Å². The Labute approximate surface area is 94.8 Å². The second-order valence-corrected chi connectivity index (χ2v) is 3.44. The SMILES string of the molecule is C[C@@H]([C]=O)N(C)C(=O)OCc1ccccc1. The zero-order chi connectivity index (χ0) is 12.0. The summed E-state index contributed by atoms with van der Waals surface area (Å²) in [5, 5.41) is 0. The van der Waals surface area contributed by atoms with Crippen molar-refractivity contribution in [3.05, 3.63) is 35.9 Å². The molecule has 16 heavy (non-hydrogen) atoms. The van der Waals surface area contributed by atoms with Gasteiger partial charge < -0.3 is 9.64 Å². The van der Waals surface area contributed by atoms with Crippen LogP contribution in [0, 0.1) is 0 Å². The Balaban J connectivity index is 2.44. The summed E-state index contributed by atoms with van der Waals surface area (Å²) in [5.74, 6) is 0. The van der Waals surface area contributed by atoms with E-state index in [-0.39, 0.29) is 6.61 Å². The Hall–Kier alpha value is -1.84. The Bertz CT molecular complexity index is 351. The van der Waals surface area contributed by atoms with Gasteiger partial charge in [-0.15, -0.1) is 0 Å². The molecule has 1 aromatic carbocycles. The number of hydrogen-bond acceptors (Lipinski definition) is 3. The maximum atomic E-state index is 11.4. The molecule has 4 nitrogen and oxygen atoms in total. The number of likely N-dealkylation sites (N-methyl/N-ethyl adjacent to an activating group) is 1. The van der Waals surface area contributed by atoms with Gasteiger partial charge in [0.15, 0.2) is 0 Å². The van der Waals surface area contributed by atoms with Gasteiger partial charge in [-0.3, -0.25) is 4.79 Å². The first-order chi connectivity index (χ1) is 7.65. The molecule has 0 fully saturated rings. The lowest BCUT2D eigenvalue weighted by Gasteiger charge is -2.19. The van der Waals surface area contributed by atoms with Gasteiger partial charge in [0.2, 0.25) is 6.29 Å². The van der Waals surface area contributed by atoms with Crippen LogP contribution in [0.5, 0.6) is 0 Å². The van der Waals surface area contributed by atoms with Crippen molar-refractivity contribution in [2.24, 2.45) is 0 Å². The molecular weight excluding hydrogens is 206 g/mol. The van der Waals surface area contributed by atoms with Crippen LogP contribution in [-0.4, -0.2) is 30.4 Å². The van der Waals surface area contributed by atoms with Gasteiger partial charge in [0, 0.05) is 7.05 Å². The number of carbonyl (C=O) groups is 1. The van der Waals surface area contributed by atoms with Gasteiger partial charge in [-0.05, 0) is 12.5 Å². The molecule has 0 bridgehead atoms. The monoisotopic (exact) mass is 220 g/mol. The van der Waals surface area contributed by atoms with Crippen LogP contribution in [0.3, 0.4) is 0 Å². The molecule has 0 aliphatic carbocycles. The van der Waals surface area contributed by atoms with E-state index in [1.54, 1.807) is 13.2 Å². The predicted molar refractivity (Wildman–Crippen MR) is 59.5 cm³/mol. The molecule has 85 valence electrons. The van der Waals surface area contributed by atoms with Crippen LogP contribution < -0.4 is 0 Å². The average Bonchev–Trinajstić information content (AvgIpc) is 2.35. The molecule has 1 aromatic rings. The van der Waals surface area contributed by atoms with Gasteiger partial charge in [0.1, 0.15) is 6.61 Å². The van der Waals surface area contributed by atoms with E-state index in [0.717, 1.165) is 5.56 Å². The zero-order valence-corrected chi connectivity index (χ0v) is 9.34. The van der Waals surface area contributed by atoms with E-state index in [1.807, 2.05) is 30.3 Å². The highest BCUT2D eigenvalue weighted by molar-refractivity contribution is 5.72. The lowest BCUT2D eigenvalue weighted by molar-refractivity contribution is 0.101. The highest BCUT2D eigenvalue weighted by Crippen LogP contribution is 2.03. The molecule has 1 rings (SSSR count). The largest absolute Gasteiger partial charge is 0.445 e. The second kappa shape index (κ2) is 5.90. The summed E-state index contributed by atoms with van der Waals surface area (Å²) in [6.07, 6.45) is 1.19. The van der Waals surface area contributed by atoms with Gasteiger partial charge in [-0.2, -0.15) is 0 Å². The smallest absolute Gasteiger partial charge is 0.410 e. The third-order valence-electron chi connectivity index (χ3n) is 2.24. The van der Waals surface area contributed by atoms with Crippen LogP contribution in [0.2, 0.25) is 0 Å². The molecule has 1 radical (unpaired) electrons. The lowest BCUT2D eigenvalue weighted by atomic mass is 10.2. The predicted octanol–water partition coefficient (Wildman–Crippen LogP) is 1.75. The normalized spacial score (nSPS) is 11.6. The number of carbonyl (C=O) groups excluding carboxylic acids is 2. The van der Waals surface area contributed by atoms with Crippen LogP contribution >= 0.6 is 0 Å². The minimum atomic E-state index is -0.594. The molecule has 0 spiro atoms.